The number of nitrogens with zero attached hydrogens (tertiary/aromatic N) is 1. The number of benzene rings is 1. The van der Waals surface area contributed by atoms with Crippen molar-refractivity contribution in [3.05, 3.63) is 66.0 Å². The van der Waals surface area contributed by atoms with Crippen molar-refractivity contribution in [2.24, 2.45) is 0 Å². The number of pyridine rings is 1. The van der Waals surface area contributed by atoms with Crippen molar-refractivity contribution in [3.8, 4) is 0 Å². The Morgan fingerprint density at radius 1 is 1.16 bits per heavy atom. The van der Waals surface area contributed by atoms with E-state index >= 15 is 0 Å². The van der Waals surface area contributed by atoms with Gasteiger partial charge < -0.3 is 10.4 Å². The van der Waals surface area contributed by atoms with Gasteiger partial charge in [-0.15, -0.1) is 0 Å². The van der Waals surface area contributed by atoms with Gasteiger partial charge in [-0.3, -0.25) is 4.98 Å². The first-order valence-electron chi connectivity index (χ1n) is 6.61. The predicted molar refractivity (Wildman–Crippen MR) is 76.6 cm³/mol. The van der Waals surface area contributed by atoms with Crippen LogP contribution in [0.2, 0.25) is 0 Å². The van der Waals surface area contributed by atoms with E-state index in [4.69, 9.17) is 0 Å². The van der Waals surface area contributed by atoms with E-state index in [1.54, 1.807) is 6.20 Å². The Bertz CT molecular complexity index is 473. The zero-order valence-electron chi connectivity index (χ0n) is 11.2. The van der Waals surface area contributed by atoms with Gasteiger partial charge in [0.2, 0.25) is 0 Å². The highest BCUT2D eigenvalue weighted by Crippen LogP contribution is 2.17. The van der Waals surface area contributed by atoms with Crippen LogP contribution in [0, 0.1) is 0 Å². The lowest BCUT2D eigenvalue weighted by atomic mass is 10.0. The van der Waals surface area contributed by atoms with Crippen LogP contribution in [0.15, 0.2) is 54.9 Å². The summed E-state index contributed by atoms with van der Waals surface area (Å²) >= 11 is 0. The number of hydrogen-bond donors (Lipinski definition) is 2. The number of nitrogens with one attached hydrogen (secondary N) is 1. The van der Waals surface area contributed by atoms with Crippen molar-refractivity contribution in [2.75, 3.05) is 0 Å². The fraction of sp³-hybridized carbons (Fsp3) is 0.312. The highest BCUT2D eigenvalue weighted by molar-refractivity contribution is 5.17. The van der Waals surface area contributed by atoms with Gasteiger partial charge in [0.1, 0.15) is 0 Å². The zero-order valence-corrected chi connectivity index (χ0v) is 11.2. The van der Waals surface area contributed by atoms with Crippen LogP contribution >= 0.6 is 0 Å². The lowest BCUT2D eigenvalue weighted by Crippen LogP contribution is -2.27. The maximum absolute atomic E-state index is 10.1. The molecule has 19 heavy (non-hydrogen) atoms. The smallest absolute Gasteiger partial charge is 0.0804 e. The molecule has 0 saturated carbocycles. The number of aliphatic hydroxyl groups is 1. The van der Waals surface area contributed by atoms with Crippen LogP contribution in [0.25, 0.3) is 0 Å². The highest BCUT2D eigenvalue weighted by atomic mass is 16.3. The van der Waals surface area contributed by atoms with E-state index in [1.807, 2.05) is 48.7 Å². The van der Waals surface area contributed by atoms with E-state index in [9.17, 15) is 5.11 Å². The van der Waals surface area contributed by atoms with Crippen LogP contribution in [0.1, 0.15) is 30.6 Å². The molecule has 0 bridgehead atoms. The minimum absolute atomic E-state index is 0.246. The fourth-order valence-electron chi connectivity index (χ4n) is 2.02. The van der Waals surface area contributed by atoms with Crippen LogP contribution in [0.3, 0.4) is 0 Å². The molecule has 0 saturated heterocycles. The topological polar surface area (TPSA) is 45.1 Å². The minimum atomic E-state index is -0.419. The molecule has 1 heterocycles. The third-order valence-electron chi connectivity index (χ3n) is 3.14. The summed E-state index contributed by atoms with van der Waals surface area (Å²) in [5.74, 6) is 0. The van der Waals surface area contributed by atoms with Crippen molar-refractivity contribution < 1.29 is 5.11 Å². The number of aliphatic hydroxyl groups excluding tert-OH is 1. The van der Waals surface area contributed by atoms with Crippen LogP contribution in [-0.4, -0.2) is 16.1 Å². The van der Waals surface area contributed by atoms with Gasteiger partial charge in [-0.1, -0.05) is 36.4 Å². The molecule has 2 N–H and O–H groups in total. The molecule has 100 valence electrons. The molecule has 0 aliphatic heterocycles. The molecule has 0 fully saturated rings. The average Bonchev–Trinajstić information content (AvgIpc) is 2.47. The molecule has 0 spiro atoms. The number of aromatic nitrogens is 1. The molecule has 2 unspecified atom stereocenters. The molecular formula is C16H20N2O. The van der Waals surface area contributed by atoms with Crippen molar-refractivity contribution in [1.29, 1.82) is 0 Å². The van der Waals surface area contributed by atoms with E-state index in [0.717, 1.165) is 17.7 Å². The molecule has 1 aromatic heterocycles. The summed E-state index contributed by atoms with van der Waals surface area (Å²) in [5, 5.41) is 13.5. The Kier molecular flexibility index (Phi) is 5.07. The highest BCUT2D eigenvalue weighted by Gasteiger charge is 2.11. The molecule has 2 aromatic rings. The molecule has 0 radical (unpaired) electrons. The SMILES string of the molecule is CC(CC(O)c1ccccc1)NCc1cccnc1. The Hall–Kier alpha value is -1.71. The first kappa shape index (κ1) is 13.7. The summed E-state index contributed by atoms with van der Waals surface area (Å²) in [5.41, 5.74) is 2.13. The minimum Gasteiger partial charge on any atom is -0.388 e. The lowest BCUT2D eigenvalue weighted by molar-refractivity contribution is 0.154. The molecule has 0 aliphatic rings. The molecule has 0 amide bonds. The van der Waals surface area contributed by atoms with Gasteiger partial charge in [-0.2, -0.15) is 0 Å². The summed E-state index contributed by atoms with van der Waals surface area (Å²) in [4.78, 5) is 4.08. The Balaban J connectivity index is 1.80. The summed E-state index contributed by atoms with van der Waals surface area (Å²) < 4.78 is 0. The first-order chi connectivity index (χ1) is 9.25. The molecule has 0 aliphatic carbocycles. The van der Waals surface area contributed by atoms with Crippen molar-refractivity contribution in [2.45, 2.75) is 32.0 Å². The van der Waals surface area contributed by atoms with Crippen LogP contribution in [0.5, 0.6) is 0 Å². The third-order valence-corrected chi connectivity index (χ3v) is 3.14. The van der Waals surface area contributed by atoms with Gasteiger partial charge in [0, 0.05) is 25.0 Å². The monoisotopic (exact) mass is 256 g/mol. The van der Waals surface area contributed by atoms with Gasteiger partial charge in [0.25, 0.3) is 0 Å². The summed E-state index contributed by atoms with van der Waals surface area (Å²) in [7, 11) is 0. The van der Waals surface area contributed by atoms with Gasteiger partial charge >= 0.3 is 0 Å². The van der Waals surface area contributed by atoms with Gasteiger partial charge in [-0.25, -0.2) is 0 Å². The maximum Gasteiger partial charge on any atom is 0.0804 e. The Morgan fingerprint density at radius 3 is 2.63 bits per heavy atom. The second kappa shape index (κ2) is 7.02. The number of rotatable bonds is 6. The second-order valence-corrected chi connectivity index (χ2v) is 4.81. The summed E-state index contributed by atoms with van der Waals surface area (Å²) in [6.45, 7) is 2.86. The van der Waals surface area contributed by atoms with E-state index in [-0.39, 0.29) is 6.04 Å². The van der Waals surface area contributed by atoms with Gasteiger partial charge in [0.15, 0.2) is 0 Å². The summed E-state index contributed by atoms with van der Waals surface area (Å²) in [6, 6.07) is 14.0. The maximum atomic E-state index is 10.1. The Labute approximate surface area is 114 Å². The molecule has 3 heteroatoms. The van der Waals surface area contributed by atoms with E-state index in [2.05, 4.69) is 17.2 Å². The summed E-state index contributed by atoms with van der Waals surface area (Å²) in [6.07, 6.45) is 3.90. The first-order valence-corrected chi connectivity index (χ1v) is 6.61. The van der Waals surface area contributed by atoms with E-state index in [0.29, 0.717) is 6.42 Å². The fourth-order valence-corrected chi connectivity index (χ4v) is 2.02. The zero-order chi connectivity index (χ0) is 13.5. The van der Waals surface area contributed by atoms with Crippen LogP contribution in [-0.2, 0) is 6.54 Å². The van der Waals surface area contributed by atoms with Crippen molar-refractivity contribution in [1.82, 2.24) is 10.3 Å². The van der Waals surface area contributed by atoms with Gasteiger partial charge in [0.05, 0.1) is 6.10 Å². The lowest BCUT2D eigenvalue weighted by Gasteiger charge is -2.18. The van der Waals surface area contributed by atoms with Crippen LogP contribution < -0.4 is 5.32 Å². The molecule has 2 atom stereocenters. The van der Waals surface area contributed by atoms with E-state index < -0.39 is 6.10 Å². The average molecular weight is 256 g/mol. The predicted octanol–water partition coefficient (Wildman–Crippen LogP) is 2.68. The van der Waals surface area contributed by atoms with Crippen molar-refractivity contribution in [3.63, 3.8) is 0 Å². The molecule has 3 nitrogen and oxygen atoms in total. The van der Waals surface area contributed by atoms with Gasteiger partial charge in [-0.05, 0) is 30.5 Å². The molecule has 2 rings (SSSR count). The number of hydrogen-bond acceptors (Lipinski definition) is 3. The normalized spacial score (nSPS) is 14.0. The molecule has 1 aromatic carbocycles. The largest absolute Gasteiger partial charge is 0.388 e. The van der Waals surface area contributed by atoms with Crippen LogP contribution in [0.4, 0.5) is 0 Å². The standard InChI is InChI=1S/C16H20N2O/c1-13(18-12-14-6-5-9-17-11-14)10-16(19)15-7-3-2-4-8-15/h2-9,11,13,16,18-19H,10,12H2,1H3. The third kappa shape index (κ3) is 4.47. The second-order valence-electron chi connectivity index (χ2n) is 4.81. The van der Waals surface area contributed by atoms with Crippen molar-refractivity contribution >= 4 is 0 Å². The quantitative estimate of drug-likeness (QED) is 0.835. The van der Waals surface area contributed by atoms with E-state index in [1.165, 1.54) is 0 Å². The Morgan fingerprint density at radius 2 is 1.95 bits per heavy atom. The molecular weight excluding hydrogens is 236 g/mol.